The standard InChI is InChI=1S/C10H14N4OS/c1-3-14-10(7(15-2)4-13-14)9(11)8-5-12-6-16-8/h4-6,9H,3,11H2,1-2H3. The van der Waals surface area contributed by atoms with E-state index in [1.54, 1.807) is 25.0 Å². The summed E-state index contributed by atoms with van der Waals surface area (Å²) in [6.45, 7) is 2.79. The first-order valence-electron chi connectivity index (χ1n) is 5.01. The largest absolute Gasteiger partial charge is 0.493 e. The number of nitrogens with zero attached hydrogens (tertiary/aromatic N) is 3. The fourth-order valence-electron chi connectivity index (χ4n) is 1.61. The lowest BCUT2D eigenvalue weighted by molar-refractivity contribution is 0.405. The topological polar surface area (TPSA) is 66.0 Å². The van der Waals surface area contributed by atoms with Crippen molar-refractivity contribution in [1.29, 1.82) is 0 Å². The Morgan fingerprint density at radius 3 is 2.94 bits per heavy atom. The monoisotopic (exact) mass is 238 g/mol. The molecule has 2 N–H and O–H groups in total. The molecule has 2 rings (SSSR count). The van der Waals surface area contributed by atoms with Gasteiger partial charge in [0.05, 0.1) is 24.9 Å². The van der Waals surface area contributed by atoms with Gasteiger partial charge >= 0.3 is 0 Å². The van der Waals surface area contributed by atoms with Gasteiger partial charge in [-0.3, -0.25) is 9.67 Å². The average molecular weight is 238 g/mol. The molecule has 1 unspecified atom stereocenters. The van der Waals surface area contributed by atoms with Crippen LogP contribution >= 0.6 is 11.3 Å². The molecule has 0 saturated carbocycles. The first kappa shape index (κ1) is 11.1. The number of thiazole rings is 1. The number of hydrogen-bond acceptors (Lipinski definition) is 5. The van der Waals surface area contributed by atoms with E-state index in [1.165, 1.54) is 11.3 Å². The van der Waals surface area contributed by atoms with Crippen molar-refractivity contribution in [3.8, 4) is 5.75 Å². The molecule has 0 aliphatic rings. The van der Waals surface area contributed by atoms with Gasteiger partial charge < -0.3 is 10.5 Å². The van der Waals surface area contributed by atoms with E-state index in [9.17, 15) is 0 Å². The van der Waals surface area contributed by atoms with Crippen molar-refractivity contribution in [3.63, 3.8) is 0 Å². The van der Waals surface area contributed by atoms with Crippen LogP contribution in [0, 0.1) is 0 Å². The molecule has 1 atom stereocenters. The normalized spacial score (nSPS) is 12.7. The van der Waals surface area contributed by atoms with Crippen molar-refractivity contribution in [2.24, 2.45) is 5.73 Å². The van der Waals surface area contributed by atoms with Crippen molar-refractivity contribution >= 4 is 11.3 Å². The third-order valence-corrected chi connectivity index (χ3v) is 3.28. The summed E-state index contributed by atoms with van der Waals surface area (Å²) in [6.07, 6.45) is 3.47. The van der Waals surface area contributed by atoms with Gasteiger partial charge in [0.25, 0.3) is 0 Å². The van der Waals surface area contributed by atoms with Gasteiger partial charge in [0.15, 0.2) is 5.75 Å². The number of hydrogen-bond donors (Lipinski definition) is 1. The fourth-order valence-corrected chi connectivity index (χ4v) is 2.24. The van der Waals surface area contributed by atoms with E-state index < -0.39 is 0 Å². The third-order valence-electron chi connectivity index (χ3n) is 2.42. The molecule has 0 aliphatic heterocycles. The first-order valence-corrected chi connectivity index (χ1v) is 5.89. The predicted octanol–water partition coefficient (Wildman–Crippen LogP) is 1.42. The second kappa shape index (κ2) is 4.63. The van der Waals surface area contributed by atoms with Crippen molar-refractivity contribution in [2.45, 2.75) is 19.5 Å². The van der Waals surface area contributed by atoms with Gasteiger partial charge in [-0.05, 0) is 6.92 Å². The van der Waals surface area contributed by atoms with Crippen LogP contribution in [0.1, 0.15) is 23.5 Å². The highest BCUT2D eigenvalue weighted by Gasteiger charge is 2.20. The summed E-state index contributed by atoms with van der Waals surface area (Å²) in [5, 5.41) is 4.23. The van der Waals surface area contributed by atoms with Crippen LogP contribution in [0.4, 0.5) is 0 Å². The summed E-state index contributed by atoms with van der Waals surface area (Å²) in [4.78, 5) is 5.04. The van der Waals surface area contributed by atoms with E-state index in [1.807, 2.05) is 11.6 Å². The van der Waals surface area contributed by atoms with Crippen molar-refractivity contribution < 1.29 is 4.74 Å². The Labute approximate surface area is 97.9 Å². The summed E-state index contributed by atoms with van der Waals surface area (Å²) in [5.74, 6) is 0.725. The Morgan fingerprint density at radius 1 is 1.56 bits per heavy atom. The van der Waals surface area contributed by atoms with Crippen LogP contribution in [0.25, 0.3) is 0 Å². The van der Waals surface area contributed by atoms with E-state index >= 15 is 0 Å². The molecule has 0 aliphatic carbocycles. The molecule has 16 heavy (non-hydrogen) atoms. The van der Waals surface area contributed by atoms with Crippen LogP contribution in [-0.2, 0) is 6.54 Å². The third kappa shape index (κ3) is 1.81. The maximum absolute atomic E-state index is 6.19. The van der Waals surface area contributed by atoms with Crippen LogP contribution in [0.5, 0.6) is 5.75 Å². The zero-order valence-electron chi connectivity index (χ0n) is 9.25. The van der Waals surface area contributed by atoms with Gasteiger partial charge in [-0.1, -0.05) is 0 Å². The van der Waals surface area contributed by atoms with Gasteiger partial charge in [0.1, 0.15) is 5.69 Å². The van der Waals surface area contributed by atoms with E-state index in [0.29, 0.717) is 0 Å². The number of aromatic nitrogens is 3. The molecule has 0 aromatic carbocycles. The van der Waals surface area contributed by atoms with Crippen LogP contribution in [0.3, 0.4) is 0 Å². The fraction of sp³-hybridized carbons (Fsp3) is 0.400. The Bertz CT molecular complexity index is 430. The smallest absolute Gasteiger partial charge is 0.161 e. The number of nitrogens with two attached hydrogens (primary N) is 1. The van der Waals surface area contributed by atoms with Gasteiger partial charge in [0, 0.05) is 17.6 Å². The molecule has 0 spiro atoms. The summed E-state index contributed by atoms with van der Waals surface area (Å²) >= 11 is 1.53. The van der Waals surface area contributed by atoms with Crippen LogP contribution in [0.15, 0.2) is 17.9 Å². The predicted molar refractivity (Wildman–Crippen MR) is 62.6 cm³/mol. The minimum atomic E-state index is -0.232. The Morgan fingerprint density at radius 2 is 2.38 bits per heavy atom. The second-order valence-electron chi connectivity index (χ2n) is 3.30. The zero-order valence-corrected chi connectivity index (χ0v) is 10.1. The van der Waals surface area contributed by atoms with Crippen LogP contribution in [0.2, 0.25) is 0 Å². The Hall–Kier alpha value is -1.40. The number of methoxy groups -OCH3 is 1. The molecule has 0 radical (unpaired) electrons. The lowest BCUT2D eigenvalue weighted by Crippen LogP contribution is -2.17. The number of ether oxygens (including phenoxy) is 1. The molecule has 86 valence electrons. The maximum Gasteiger partial charge on any atom is 0.161 e. The summed E-state index contributed by atoms with van der Waals surface area (Å²) in [7, 11) is 1.62. The molecular formula is C10H14N4OS. The van der Waals surface area contributed by atoms with Crippen LogP contribution < -0.4 is 10.5 Å². The molecule has 0 bridgehead atoms. The highest BCUT2D eigenvalue weighted by atomic mass is 32.1. The Balaban J connectivity index is 2.41. The van der Waals surface area contributed by atoms with E-state index in [4.69, 9.17) is 10.5 Å². The maximum atomic E-state index is 6.19. The van der Waals surface area contributed by atoms with Gasteiger partial charge in [0.2, 0.25) is 0 Å². The molecule has 2 aromatic rings. The SMILES string of the molecule is CCn1ncc(OC)c1C(N)c1cncs1. The lowest BCUT2D eigenvalue weighted by atomic mass is 10.2. The van der Waals surface area contributed by atoms with E-state index in [-0.39, 0.29) is 6.04 Å². The Kier molecular flexibility index (Phi) is 3.21. The number of aryl methyl sites for hydroxylation is 1. The first-order chi connectivity index (χ1) is 7.77. The average Bonchev–Trinajstić information content (AvgIpc) is 2.96. The molecule has 2 aromatic heterocycles. The van der Waals surface area contributed by atoms with Gasteiger partial charge in [-0.2, -0.15) is 5.10 Å². The molecule has 6 heteroatoms. The minimum Gasteiger partial charge on any atom is -0.493 e. The van der Waals surface area contributed by atoms with E-state index in [0.717, 1.165) is 22.9 Å². The second-order valence-corrected chi connectivity index (χ2v) is 4.21. The van der Waals surface area contributed by atoms with Gasteiger partial charge in [-0.15, -0.1) is 11.3 Å². The summed E-state index contributed by atoms with van der Waals surface area (Å²) < 4.78 is 7.12. The highest BCUT2D eigenvalue weighted by molar-refractivity contribution is 7.09. The molecular weight excluding hydrogens is 224 g/mol. The quantitative estimate of drug-likeness (QED) is 0.874. The van der Waals surface area contributed by atoms with Gasteiger partial charge in [-0.25, -0.2) is 0 Å². The molecule has 0 amide bonds. The zero-order chi connectivity index (χ0) is 11.5. The van der Waals surface area contributed by atoms with Crippen molar-refractivity contribution in [3.05, 3.63) is 28.5 Å². The lowest BCUT2D eigenvalue weighted by Gasteiger charge is -2.13. The van der Waals surface area contributed by atoms with Crippen molar-refractivity contribution in [1.82, 2.24) is 14.8 Å². The minimum absolute atomic E-state index is 0.232. The molecule has 0 fully saturated rings. The summed E-state index contributed by atoms with van der Waals surface area (Å²) in [5.41, 5.74) is 8.86. The molecule has 0 saturated heterocycles. The van der Waals surface area contributed by atoms with E-state index in [2.05, 4.69) is 10.1 Å². The van der Waals surface area contributed by atoms with Crippen LogP contribution in [-0.4, -0.2) is 21.9 Å². The summed E-state index contributed by atoms with van der Waals surface area (Å²) in [6, 6.07) is -0.232. The highest BCUT2D eigenvalue weighted by Crippen LogP contribution is 2.29. The number of rotatable bonds is 4. The molecule has 5 nitrogen and oxygen atoms in total. The molecule has 2 heterocycles. The van der Waals surface area contributed by atoms with Crippen molar-refractivity contribution in [2.75, 3.05) is 7.11 Å².